The number of carboxylic acids is 1. The molecule has 3 aromatic carbocycles. The highest BCUT2D eigenvalue weighted by Gasteiger charge is 2.56. The van der Waals surface area contributed by atoms with Gasteiger partial charge in [-0.25, -0.2) is 9.59 Å². The molecule has 0 radical (unpaired) electrons. The van der Waals surface area contributed by atoms with E-state index in [9.17, 15) is 24.9 Å². The third kappa shape index (κ3) is 2.92. The lowest BCUT2D eigenvalue weighted by atomic mass is 9.77. The van der Waals surface area contributed by atoms with Gasteiger partial charge in [0.1, 0.15) is 11.5 Å². The second-order valence-electron chi connectivity index (χ2n) is 7.00. The van der Waals surface area contributed by atoms with Crippen molar-refractivity contribution >= 4 is 102 Å². The lowest BCUT2D eigenvalue weighted by Crippen LogP contribution is -2.34. The number of hydrogen-bond acceptors (Lipinski definition) is 6. The van der Waals surface area contributed by atoms with Crippen LogP contribution in [0.15, 0.2) is 30.3 Å². The summed E-state index contributed by atoms with van der Waals surface area (Å²) >= 11 is 7.86. The van der Waals surface area contributed by atoms with E-state index < -0.39 is 17.5 Å². The van der Waals surface area contributed by atoms with Gasteiger partial charge in [0.25, 0.3) is 0 Å². The van der Waals surface area contributed by atoms with Crippen LogP contribution < -0.4 is 4.74 Å². The quantitative estimate of drug-likeness (QED) is 0.210. The predicted octanol–water partition coefficient (Wildman–Crippen LogP) is 5.78. The summed E-state index contributed by atoms with van der Waals surface area (Å²) in [5.41, 5.74) is -0.419. The number of rotatable bonds is 1. The fraction of sp³-hybridized carbons (Fsp3) is 0.0476. The van der Waals surface area contributed by atoms with Gasteiger partial charge in [-0.1, -0.05) is 12.1 Å². The Morgan fingerprint density at radius 3 is 1.91 bits per heavy atom. The highest BCUT2D eigenvalue weighted by Crippen LogP contribution is 2.60. The number of phenols is 2. The molecule has 2 aliphatic heterocycles. The van der Waals surface area contributed by atoms with Crippen LogP contribution in [0.3, 0.4) is 0 Å². The Labute approximate surface area is 235 Å². The Morgan fingerprint density at radius 1 is 0.875 bits per heavy atom. The molecule has 3 N–H and O–H groups in total. The molecule has 2 aliphatic rings. The van der Waals surface area contributed by atoms with Crippen LogP contribution in [0.5, 0.6) is 23.0 Å². The van der Waals surface area contributed by atoms with E-state index in [1.54, 1.807) is 24.3 Å². The summed E-state index contributed by atoms with van der Waals surface area (Å²) in [5, 5.41) is 30.8. The second kappa shape index (κ2) is 7.72. The Bertz CT molecular complexity index is 1340. The normalized spacial score (nSPS) is 14.9. The molecule has 0 saturated carbocycles. The number of benzene rings is 3. The molecule has 0 aromatic heterocycles. The molecule has 11 heteroatoms. The van der Waals surface area contributed by atoms with Crippen molar-refractivity contribution in [2.24, 2.45) is 0 Å². The first-order valence-electron chi connectivity index (χ1n) is 8.80. The number of phenolic OH excluding ortho intramolecular Hbond substituents is 2. The average molecular weight is 880 g/mol. The van der Waals surface area contributed by atoms with Crippen molar-refractivity contribution in [3.63, 3.8) is 0 Å². The van der Waals surface area contributed by atoms with Gasteiger partial charge < -0.3 is 24.8 Å². The molecule has 0 bridgehead atoms. The zero-order valence-corrected chi connectivity index (χ0v) is 24.0. The number of halogens is 4. The number of hydrogen-bond donors (Lipinski definition) is 3. The van der Waals surface area contributed by atoms with Gasteiger partial charge in [-0.2, -0.15) is 0 Å². The van der Waals surface area contributed by atoms with Gasteiger partial charge in [0.05, 0.1) is 36.5 Å². The highest BCUT2D eigenvalue weighted by molar-refractivity contribution is 14.1. The Balaban J connectivity index is 2.00. The molecule has 162 valence electrons. The van der Waals surface area contributed by atoms with Gasteiger partial charge in [0, 0.05) is 5.56 Å². The third-order valence-corrected chi connectivity index (χ3v) is 9.03. The molecule has 0 saturated heterocycles. The maximum Gasteiger partial charge on any atom is 0.341 e. The van der Waals surface area contributed by atoms with Crippen LogP contribution in [0.25, 0.3) is 0 Å². The Hall–Kier alpha value is -1.08. The van der Waals surface area contributed by atoms with Crippen LogP contribution in [0.1, 0.15) is 37.4 Å². The van der Waals surface area contributed by atoms with E-state index in [-0.39, 0.29) is 34.1 Å². The lowest BCUT2D eigenvalue weighted by Gasteiger charge is -2.38. The molecule has 0 amide bonds. The molecule has 5 rings (SSSR count). The fourth-order valence-corrected chi connectivity index (χ4v) is 7.62. The molecule has 32 heavy (non-hydrogen) atoms. The van der Waals surface area contributed by atoms with Crippen LogP contribution in [0.2, 0.25) is 0 Å². The number of esters is 1. The highest BCUT2D eigenvalue weighted by atomic mass is 127. The van der Waals surface area contributed by atoms with E-state index in [1.807, 2.05) is 90.4 Å². The molecule has 0 aliphatic carbocycles. The lowest BCUT2D eigenvalue weighted by molar-refractivity contribution is 0.0220. The van der Waals surface area contributed by atoms with Gasteiger partial charge >= 0.3 is 11.9 Å². The SMILES string of the molecule is O=C(O)c1cccc2c1C(=O)OC21c2cc(I)c(O)c(I)c2Oc2c1cc(I)c(O)c2I. The molecular formula is C21H8I4O7. The molecule has 0 fully saturated rings. The van der Waals surface area contributed by atoms with E-state index in [0.29, 0.717) is 31.0 Å². The van der Waals surface area contributed by atoms with Crippen LogP contribution >= 0.6 is 90.4 Å². The number of carbonyl (C=O) groups is 2. The first kappa shape index (κ1) is 22.7. The summed E-state index contributed by atoms with van der Waals surface area (Å²) in [7, 11) is 0. The summed E-state index contributed by atoms with van der Waals surface area (Å²) in [6, 6.07) is 7.91. The van der Waals surface area contributed by atoms with Crippen LogP contribution in [-0.2, 0) is 10.3 Å². The number of aromatic carboxylic acids is 1. The Morgan fingerprint density at radius 2 is 1.41 bits per heavy atom. The maximum atomic E-state index is 13.1. The van der Waals surface area contributed by atoms with Gasteiger partial charge in [-0.05, 0) is 109 Å². The van der Waals surface area contributed by atoms with Crippen molar-refractivity contribution in [1.29, 1.82) is 0 Å². The molecule has 2 heterocycles. The molecule has 0 atom stereocenters. The first-order valence-corrected chi connectivity index (χ1v) is 13.1. The number of aromatic hydroxyl groups is 2. The average Bonchev–Trinajstić information content (AvgIpc) is 3.05. The van der Waals surface area contributed by atoms with Crippen molar-refractivity contribution in [2.75, 3.05) is 0 Å². The van der Waals surface area contributed by atoms with E-state index in [1.165, 1.54) is 6.07 Å². The Kier molecular flexibility index (Phi) is 5.48. The smallest absolute Gasteiger partial charge is 0.341 e. The molecular weight excluding hydrogens is 872 g/mol. The van der Waals surface area contributed by atoms with E-state index in [4.69, 9.17) is 9.47 Å². The van der Waals surface area contributed by atoms with Crippen LogP contribution in [0.4, 0.5) is 0 Å². The zero-order valence-electron chi connectivity index (χ0n) is 15.4. The largest absolute Gasteiger partial charge is 0.506 e. The topological polar surface area (TPSA) is 113 Å². The number of fused-ring (bicyclic) bond motifs is 6. The summed E-state index contributed by atoms with van der Waals surface area (Å²) in [4.78, 5) is 25.0. The number of carboxylic acid groups (broad SMARTS) is 1. The van der Waals surface area contributed by atoms with Crippen LogP contribution in [0, 0.1) is 14.3 Å². The maximum absolute atomic E-state index is 13.1. The standard InChI is InChI=1S/C21H8I4O7/c22-10-4-8-17(13(24)15(10)26)31-18-9(5-11(23)16(27)14(18)25)21(8)7-3-1-2-6(19(28)29)12(7)20(30)32-21/h1-5,26-27H,(H,28,29). The summed E-state index contributed by atoms with van der Waals surface area (Å²) in [6.45, 7) is 0. The second-order valence-corrected chi connectivity index (χ2v) is 11.5. The minimum absolute atomic E-state index is 0.0112. The van der Waals surface area contributed by atoms with E-state index >= 15 is 0 Å². The first-order chi connectivity index (χ1) is 15.1. The summed E-state index contributed by atoms with van der Waals surface area (Å²) in [5.74, 6) is -1.44. The number of carbonyl (C=O) groups excluding carboxylic acids is 1. The van der Waals surface area contributed by atoms with Crippen molar-refractivity contribution < 1.29 is 34.4 Å². The summed E-state index contributed by atoms with van der Waals surface area (Å²) < 4.78 is 14.1. The van der Waals surface area contributed by atoms with Crippen molar-refractivity contribution in [1.82, 2.24) is 0 Å². The molecule has 0 unspecified atom stereocenters. The molecule has 7 nitrogen and oxygen atoms in total. The predicted molar refractivity (Wildman–Crippen MR) is 146 cm³/mol. The van der Waals surface area contributed by atoms with Crippen LogP contribution in [-0.4, -0.2) is 27.3 Å². The van der Waals surface area contributed by atoms with Gasteiger partial charge in [0.2, 0.25) is 0 Å². The van der Waals surface area contributed by atoms with Gasteiger partial charge in [-0.15, -0.1) is 0 Å². The summed E-state index contributed by atoms with van der Waals surface area (Å²) in [6.07, 6.45) is 0. The van der Waals surface area contributed by atoms with Crippen molar-refractivity contribution in [3.05, 3.63) is 72.4 Å². The van der Waals surface area contributed by atoms with E-state index in [2.05, 4.69) is 0 Å². The molecule has 3 aromatic rings. The number of ether oxygens (including phenoxy) is 2. The van der Waals surface area contributed by atoms with Crippen molar-refractivity contribution in [2.45, 2.75) is 5.60 Å². The third-order valence-electron chi connectivity index (χ3n) is 5.39. The van der Waals surface area contributed by atoms with E-state index in [0.717, 1.165) is 0 Å². The zero-order chi connectivity index (χ0) is 23.1. The van der Waals surface area contributed by atoms with Gasteiger partial charge in [0.15, 0.2) is 17.1 Å². The fourth-order valence-electron chi connectivity index (χ4n) is 4.04. The minimum Gasteiger partial charge on any atom is -0.506 e. The minimum atomic E-state index is -1.51. The van der Waals surface area contributed by atoms with Crippen molar-refractivity contribution in [3.8, 4) is 23.0 Å². The van der Waals surface area contributed by atoms with Gasteiger partial charge in [-0.3, -0.25) is 0 Å². The molecule has 1 spiro atoms. The monoisotopic (exact) mass is 880 g/mol.